The van der Waals surface area contributed by atoms with Crippen molar-refractivity contribution in [2.75, 3.05) is 19.8 Å². The Bertz CT molecular complexity index is 1770. The van der Waals surface area contributed by atoms with Crippen molar-refractivity contribution in [2.24, 2.45) is 0 Å². The van der Waals surface area contributed by atoms with E-state index in [2.05, 4.69) is 20.8 Å². The molecular weight excluding hydrogens is 634 g/mol. The number of nitrogen functional groups attached to an aromatic ring is 1. The highest BCUT2D eigenvalue weighted by atomic mass is 19.4. The zero-order chi connectivity index (χ0) is 34.6. The normalized spacial score (nSPS) is 11.3. The van der Waals surface area contributed by atoms with Gasteiger partial charge >= 0.3 is 30.1 Å². The molecule has 0 radical (unpaired) electrons. The summed E-state index contributed by atoms with van der Waals surface area (Å²) in [5, 5.41) is 23.4. The van der Waals surface area contributed by atoms with Crippen LogP contribution in [-0.4, -0.2) is 50.6 Å². The fraction of sp³-hybridized carbons (Fsp3) is 0.231. The van der Waals surface area contributed by atoms with Gasteiger partial charge in [0.05, 0.1) is 33.1 Å². The fourth-order valence-corrected chi connectivity index (χ4v) is 3.58. The molecule has 0 saturated heterocycles. The van der Waals surface area contributed by atoms with Crippen LogP contribution >= 0.6 is 0 Å². The number of nitrogens with one attached hydrogen (secondary N) is 2. The third-order valence-corrected chi connectivity index (χ3v) is 5.79. The summed E-state index contributed by atoms with van der Waals surface area (Å²) in [6.45, 7) is 3.17. The minimum Gasteiger partial charge on any atom is -0.435 e. The number of carbonyl (C=O) groups excluding carboxylic acids is 2. The standard InChI is InChI=1S/C13H11F3N4O4.C13H13F3N4O2/c1-7-5-11(18-19(7)12(21)17-2)24-10-4-3-8(13(14,15)16)6-9(10)20(22)23;1-7-5-11(19-20(7)12(21)18-2)22-10-4-3-8(6-9(10)17)13(14,15)16/h3-6H,1-2H3,(H,17,21);3-6H,17H2,1-2H3,(H,18,21). The average molecular weight is 659 g/mol. The van der Waals surface area contributed by atoms with Crippen molar-refractivity contribution >= 4 is 23.4 Å². The van der Waals surface area contributed by atoms with Crippen LogP contribution in [0, 0.1) is 24.0 Å². The first-order chi connectivity index (χ1) is 21.3. The molecule has 2 aromatic carbocycles. The lowest BCUT2D eigenvalue weighted by atomic mass is 10.2. The van der Waals surface area contributed by atoms with Crippen LogP contribution in [0.15, 0.2) is 48.5 Å². The van der Waals surface area contributed by atoms with Crippen molar-refractivity contribution in [1.82, 2.24) is 30.2 Å². The molecule has 0 unspecified atom stereocenters. The molecule has 0 atom stereocenters. The van der Waals surface area contributed by atoms with Crippen LogP contribution in [-0.2, 0) is 12.4 Å². The number of halogens is 6. The van der Waals surface area contributed by atoms with E-state index in [1.165, 1.54) is 33.2 Å². The van der Waals surface area contributed by atoms with E-state index in [0.29, 0.717) is 23.5 Å². The maximum atomic E-state index is 12.7. The number of rotatable bonds is 5. The molecule has 4 N–H and O–H groups in total. The number of nitro groups is 1. The van der Waals surface area contributed by atoms with E-state index in [1.54, 1.807) is 6.92 Å². The second-order valence-corrected chi connectivity index (χ2v) is 9.07. The summed E-state index contributed by atoms with van der Waals surface area (Å²) in [4.78, 5) is 33.0. The van der Waals surface area contributed by atoms with Gasteiger partial charge in [0.2, 0.25) is 17.5 Å². The minimum absolute atomic E-state index is 0.0227. The molecule has 46 heavy (non-hydrogen) atoms. The van der Waals surface area contributed by atoms with Gasteiger partial charge in [-0.05, 0) is 44.2 Å². The van der Waals surface area contributed by atoms with E-state index in [-0.39, 0.29) is 23.2 Å². The van der Waals surface area contributed by atoms with Gasteiger partial charge in [0, 0.05) is 32.3 Å². The van der Waals surface area contributed by atoms with Gasteiger partial charge in [-0.15, -0.1) is 10.2 Å². The summed E-state index contributed by atoms with van der Waals surface area (Å²) in [5.41, 5.74) is 3.35. The Hall–Kier alpha value is -5.82. The largest absolute Gasteiger partial charge is 0.435 e. The number of nitro benzene ring substituents is 1. The first-order valence-electron chi connectivity index (χ1n) is 12.6. The molecule has 2 aromatic heterocycles. The van der Waals surface area contributed by atoms with E-state index in [4.69, 9.17) is 15.2 Å². The predicted octanol–water partition coefficient (Wildman–Crippen LogP) is 5.87. The molecule has 2 heterocycles. The quantitative estimate of drug-likeness (QED) is 0.102. The maximum Gasteiger partial charge on any atom is 0.416 e. The molecule has 0 aliphatic rings. The number of benzene rings is 2. The van der Waals surface area contributed by atoms with E-state index in [1.807, 2.05) is 0 Å². The van der Waals surface area contributed by atoms with Crippen LogP contribution < -0.4 is 25.8 Å². The minimum atomic E-state index is -4.72. The molecule has 4 aromatic rings. The highest BCUT2D eigenvalue weighted by Crippen LogP contribution is 2.38. The van der Waals surface area contributed by atoms with Gasteiger partial charge in [0.15, 0.2) is 5.75 Å². The summed E-state index contributed by atoms with van der Waals surface area (Å²) in [6.07, 6.45) is -9.20. The zero-order valence-electron chi connectivity index (χ0n) is 24.1. The van der Waals surface area contributed by atoms with Gasteiger partial charge in [-0.2, -0.15) is 35.7 Å². The second kappa shape index (κ2) is 13.4. The van der Waals surface area contributed by atoms with E-state index >= 15 is 0 Å². The predicted molar refractivity (Wildman–Crippen MR) is 148 cm³/mol. The van der Waals surface area contributed by atoms with Crippen molar-refractivity contribution in [1.29, 1.82) is 0 Å². The number of anilines is 1. The number of carbonyl (C=O) groups is 2. The summed E-state index contributed by atoms with van der Waals surface area (Å²) in [5.74, 6) is -0.518. The summed E-state index contributed by atoms with van der Waals surface area (Å²) in [6, 6.07) is 6.34. The molecular formula is C26H24F6N8O6. The Morgan fingerprint density at radius 2 is 1.20 bits per heavy atom. The molecule has 4 rings (SSSR count). The highest BCUT2D eigenvalue weighted by Gasteiger charge is 2.34. The molecule has 0 bridgehead atoms. The third kappa shape index (κ3) is 8.21. The van der Waals surface area contributed by atoms with Gasteiger partial charge in [-0.1, -0.05) is 0 Å². The molecule has 0 fully saturated rings. The van der Waals surface area contributed by atoms with Crippen LogP contribution in [0.5, 0.6) is 23.3 Å². The summed E-state index contributed by atoms with van der Waals surface area (Å²) >= 11 is 0. The van der Waals surface area contributed by atoms with Crippen LogP contribution in [0.1, 0.15) is 22.5 Å². The third-order valence-electron chi connectivity index (χ3n) is 5.79. The second-order valence-electron chi connectivity index (χ2n) is 9.07. The lowest BCUT2D eigenvalue weighted by Crippen LogP contribution is -2.26. The van der Waals surface area contributed by atoms with Gasteiger partial charge in [0.25, 0.3) is 0 Å². The lowest BCUT2D eigenvalue weighted by Gasteiger charge is -2.10. The van der Waals surface area contributed by atoms with Crippen LogP contribution in [0.3, 0.4) is 0 Å². The molecule has 0 aliphatic heterocycles. The van der Waals surface area contributed by atoms with E-state index in [9.17, 15) is 46.0 Å². The number of hydrogen-bond acceptors (Lipinski definition) is 9. The van der Waals surface area contributed by atoms with Gasteiger partial charge < -0.3 is 25.8 Å². The molecule has 0 spiro atoms. The Morgan fingerprint density at radius 1 is 0.783 bits per heavy atom. The zero-order valence-corrected chi connectivity index (χ0v) is 24.1. The van der Waals surface area contributed by atoms with Crippen molar-refractivity contribution in [3.8, 4) is 23.3 Å². The highest BCUT2D eigenvalue weighted by molar-refractivity contribution is 5.76. The smallest absolute Gasteiger partial charge is 0.416 e. The number of aromatic nitrogens is 4. The number of aryl methyl sites for hydroxylation is 2. The van der Waals surface area contributed by atoms with Gasteiger partial charge in [-0.25, -0.2) is 9.59 Å². The van der Waals surface area contributed by atoms with Crippen LogP contribution in [0.25, 0.3) is 0 Å². The SMILES string of the molecule is CNC(=O)n1nc(Oc2ccc(C(F)(F)F)cc2N)cc1C.CNC(=O)n1nc(Oc2ccc(C(F)(F)F)cc2[N+](=O)[O-])cc1C. The summed E-state index contributed by atoms with van der Waals surface area (Å²) < 4.78 is 88.1. The van der Waals surface area contributed by atoms with E-state index < -0.39 is 51.9 Å². The first-order valence-corrected chi connectivity index (χ1v) is 12.6. The number of nitrogens with zero attached hydrogens (tertiary/aromatic N) is 5. The molecule has 14 nitrogen and oxygen atoms in total. The first kappa shape index (κ1) is 34.7. The maximum absolute atomic E-state index is 12.7. The Morgan fingerprint density at radius 3 is 1.59 bits per heavy atom. The van der Waals surface area contributed by atoms with E-state index in [0.717, 1.165) is 33.6 Å². The molecule has 0 aliphatic carbocycles. The lowest BCUT2D eigenvalue weighted by molar-refractivity contribution is -0.385. The van der Waals surface area contributed by atoms with Crippen molar-refractivity contribution in [3.05, 3.63) is 81.2 Å². The Kier molecular flexibility index (Phi) is 10.1. The number of hydrogen-bond donors (Lipinski definition) is 3. The summed E-state index contributed by atoms with van der Waals surface area (Å²) in [7, 11) is 2.82. The monoisotopic (exact) mass is 658 g/mol. The molecule has 2 amide bonds. The van der Waals surface area contributed by atoms with Crippen LogP contribution in [0.2, 0.25) is 0 Å². The molecule has 20 heteroatoms. The Balaban J connectivity index is 0.000000251. The molecule has 0 saturated carbocycles. The topological polar surface area (TPSA) is 181 Å². The van der Waals surface area contributed by atoms with Gasteiger partial charge in [-0.3, -0.25) is 10.1 Å². The fourth-order valence-electron chi connectivity index (χ4n) is 3.58. The van der Waals surface area contributed by atoms with Crippen molar-refractivity contribution in [3.63, 3.8) is 0 Å². The number of alkyl halides is 6. The number of ether oxygens (including phenoxy) is 2. The van der Waals surface area contributed by atoms with Crippen LogP contribution in [0.4, 0.5) is 47.3 Å². The number of amides is 2. The van der Waals surface area contributed by atoms with Gasteiger partial charge in [0.1, 0.15) is 0 Å². The Labute approximate surface area is 254 Å². The van der Waals surface area contributed by atoms with Crippen molar-refractivity contribution in [2.45, 2.75) is 26.2 Å². The average Bonchev–Trinajstić information content (AvgIpc) is 3.53. The number of nitrogens with two attached hydrogens (primary N) is 1. The van der Waals surface area contributed by atoms with Crippen molar-refractivity contribution < 1.29 is 50.3 Å². The molecule has 246 valence electrons.